The summed E-state index contributed by atoms with van der Waals surface area (Å²) in [5.41, 5.74) is 0.903. The van der Waals surface area contributed by atoms with Crippen molar-refractivity contribution >= 4 is 15.9 Å². The fourth-order valence-electron chi connectivity index (χ4n) is 0.428. The van der Waals surface area contributed by atoms with Crippen LogP contribution in [0.4, 0.5) is 0 Å². The minimum atomic E-state index is 0.239. The normalized spacial score (nSPS) is 13.5. The molecule has 0 aromatic rings. The van der Waals surface area contributed by atoms with Crippen molar-refractivity contribution in [3.63, 3.8) is 0 Å². The molecule has 0 aliphatic carbocycles. The van der Waals surface area contributed by atoms with Crippen LogP contribution in [0.2, 0.25) is 0 Å². The zero-order valence-corrected chi connectivity index (χ0v) is 7.77. The second kappa shape index (κ2) is 4.34. The van der Waals surface area contributed by atoms with Gasteiger partial charge in [0.05, 0.1) is 4.48 Å². The largest absolute Gasteiger partial charge is 0.507 e. The molecule has 0 radical (unpaired) electrons. The number of aliphatic hydroxyl groups is 1. The summed E-state index contributed by atoms with van der Waals surface area (Å²) in [5, 5.41) is 9.08. The first-order chi connectivity index (χ1) is 4.57. The van der Waals surface area contributed by atoms with Gasteiger partial charge < -0.3 is 5.11 Å². The van der Waals surface area contributed by atoms with Crippen molar-refractivity contribution in [3.8, 4) is 0 Å². The zero-order valence-electron chi connectivity index (χ0n) is 6.19. The van der Waals surface area contributed by atoms with E-state index < -0.39 is 0 Å². The lowest BCUT2D eigenvalue weighted by atomic mass is 10.3. The van der Waals surface area contributed by atoms with Crippen LogP contribution in [0.1, 0.15) is 13.8 Å². The molecule has 2 heteroatoms. The summed E-state index contributed by atoms with van der Waals surface area (Å²) < 4.78 is 0.669. The zero-order chi connectivity index (χ0) is 8.15. The van der Waals surface area contributed by atoms with Crippen molar-refractivity contribution in [2.75, 3.05) is 0 Å². The Morgan fingerprint density at radius 1 is 1.60 bits per heavy atom. The molecular weight excluding hydrogens is 192 g/mol. The van der Waals surface area contributed by atoms with E-state index in [2.05, 4.69) is 22.5 Å². The highest BCUT2D eigenvalue weighted by Crippen LogP contribution is 2.15. The SMILES string of the molecule is C=C(C)/C=C(Br)\C(O)=C/C. The first-order valence-corrected chi connectivity index (χ1v) is 3.75. The average Bonchev–Trinajstić information content (AvgIpc) is 1.85. The van der Waals surface area contributed by atoms with Gasteiger partial charge in [0.1, 0.15) is 5.76 Å². The molecule has 0 aromatic carbocycles. The summed E-state index contributed by atoms with van der Waals surface area (Å²) in [7, 11) is 0. The topological polar surface area (TPSA) is 20.2 Å². The van der Waals surface area contributed by atoms with E-state index in [0.717, 1.165) is 5.57 Å². The van der Waals surface area contributed by atoms with Gasteiger partial charge in [0, 0.05) is 0 Å². The summed E-state index contributed by atoms with van der Waals surface area (Å²) >= 11 is 3.19. The van der Waals surface area contributed by atoms with E-state index in [1.54, 1.807) is 19.1 Å². The van der Waals surface area contributed by atoms with E-state index in [4.69, 9.17) is 5.11 Å². The van der Waals surface area contributed by atoms with E-state index >= 15 is 0 Å². The molecule has 10 heavy (non-hydrogen) atoms. The molecule has 1 nitrogen and oxygen atoms in total. The highest BCUT2D eigenvalue weighted by Gasteiger charge is 1.94. The van der Waals surface area contributed by atoms with Crippen LogP contribution >= 0.6 is 15.9 Å². The van der Waals surface area contributed by atoms with Gasteiger partial charge >= 0.3 is 0 Å². The van der Waals surface area contributed by atoms with Crippen molar-refractivity contribution in [2.24, 2.45) is 0 Å². The Kier molecular flexibility index (Phi) is 4.12. The van der Waals surface area contributed by atoms with Gasteiger partial charge in [-0.15, -0.1) is 0 Å². The highest BCUT2D eigenvalue weighted by atomic mass is 79.9. The Bertz CT molecular complexity index is 189. The van der Waals surface area contributed by atoms with Gasteiger partial charge in [0.25, 0.3) is 0 Å². The maximum absolute atomic E-state index is 9.08. The molecule has 0 aliphatic rings. The predicted molar refractivity (Wildman–Crippen MR) is 48.2 cm³/mol. The molecular formula is C8H11BrO. The van der Waals surface area contributed by atoms with Crippen molar-refractivity contribution in [1.82, 2.24) is 0 Å². The lowest BCUT2D eigenvalue weighted by molar-refractivity contribution is 0.429. The maximum Gasteiger partial charge on any atom is 0.125 e. The van der Waals surface area contributed by atoms with Gasteiger partial charge in [-0.05, 0) is 41.9 Å². The van der Waals surface area contributed by atoms with Gasteiger partial charge in [-0.25, -0.2) is 0 Å². The van der Waals surface area contributed by atoms with Crippen LogP contribution in [0.15, 0.2) is 34.5 Å². The fraction of sp³-hybridized carbons (Fsp3) is 0.250. The van der Waals surface area contributed by atoms with Crippen molar-refractivity contribution in [3.05, 3.63) is 34.5 Å². The Balaban J connectivity index is 4.35. The van der Waals surface area contributed by atoms with Gasteiger partial charge in [0.15, 0.2) is 0 Å². The molecule has 0 amide bonds. The number of hydrogen-bond acceptors (Lipinski definition) is 1. The molecule has 0 rings (SSSR count). The fourth-order valence-corrected chi connectivity index (χ4v) is 1.05. The number of halogens is 1. The summed E-state index contributed by atoms with van der Waals surface area (Å²) in [5.74, 6) is 0.239. The van der Waals surface area contributed by atoms with E-state index in [9.17, 15) is 0 Å². The van der Waals surface area contributed by atoms with Gasteiger partial charge in [-0.3, -0.25) is 0 Å². The van der Waals surface area contributed by atoms with Crippen LogP contribution in [0, 0.1) is 0 Å². The van der Waals surface area contributed by atoms with Crippen LogP contribution in [-0.4, -0.2) is 5.11 Å². The first kappa shape index (κ1) is 9.50. The predicted octanol–water partition coefficient (Wildman–Crippen LogP) is 3.30. The summed E-state index contributed by atoms with van der Waals surface area (Å²) in [4.78, 5) is 0. The van der Waals surface area contributed by atoms with E-state index in [1.807, 2.05) is 6.92 Å². The monoisotopic (exact) mass is 202 g/mol. The van der Waals surface area contributed by atoms with E-state index in [0.29, 0.717) is 4.48 Å². The Hall–Kier alpha value is -0.500. The molecule has 0 fully saturated rings. The van der Waals surface area contributed by atoms with Crippen LogP contribution in [0.25, 0.3) is 0 Å². The molecule has 0 spiro atoms. The third-order valence-corrected chi connectivity index (χ3v) is 1.53. The Morgan fingerprint density at radius 2 is 2.10 bits per heavy atom. The van der Waals surface area contributed by atoms with Crippen molar-refractivity contribution in [1.29, 1.82) is 0 Å². The number of aliphatic hydroxyl groups excluding tert-OH is 1. The average molecular weight is 203 g/mol. The molecule has 0 aliphatic heterocycles. The smallest absolute Gasteiger partial charge is 0.125 e. The third kappa shape index (κ3) is 3.51. The quantitative estimate of drug-likeness (QED) is 0.539. The molecule has 56 valence electrons. The summed E-state index contributed by atoms with van der Waals surface area (Å²) in [6.45, 7) is 7.30. The third-order valence-electron chi connectivity index (χ3n) is 0.891. The van der Waals surface area contributed by atoms with Crippen molar-refractivity contribution in [2.45, 2.75) is 13.8 Å². The molecule has 0 aromatic heterocycles. The summed E-state index contributed by atoms with van der Waals surface area (Å²) in [6, 6.07) is 0. The van der Waals surface area contributed by atoms with Crippen molar-refractivity contribution < 1.29 is 5.11 Å². The minimum absolute atomic E-state index is 0.239. The number of rotatable bonds is 2. The minimum Gasteiger partial charge on any atom is -0.507 e. The van der Waals surface area contributed by atoms with Crippen LogP contribution in [0.3, 0.4) is 0 Å². The van der Waals surface area contributed by atoms with Crippen LogP contribution < -0.4 is 0 Å². The van der Waals surface area contributed by atoms with Crippen LogP contribution in [-0.2, 0) is 0 Å². The lowest BCUT2D eigenvalue weighted by Gasteiger charge is -1.95. The highest BCUT2D eigenvalue weighted by molar-refractivity contribution is 9.11. The van der Waals surface area contributed by atoms with E-state index in [-0.39, 0.29) is 5.76 Å². The number of hydrogen-bond donors (Lipinski definition) is 1. The van der Waals surface area contributed by atoms with Crippen LogP contribution in [0.5, 0.6) is 0 Å². The number of allylic oxidation sites excluding steroid dienone is 4. The van der Waals surface area contributed by atoms with Gasteiger partial charge in [-0.1, -0.05) is 12.2 Å². The maximum atomic E-state index is 9.08. The molecule has 0 atom stereocenters. The Morgan fingerprint density at radius 3 is 2.40 bits per heavy atom. The second-order valence-electron chi connectivity index (χ2n) is 2.01. The van der Waals surface area contributed by atoms with Gasteiger partial charge in [-0.2, -0.15) is 0 Å². The molecule has 1 N–H and O–H groups in total. The second-order valence-corrected chi connectivity index (χ2v) is 2.87. The molecule has 0 heterocycles. The molecule has 0 unspecified atom stereocenters. The first-order valence-electron chi connectivity index (χ1n) is 2.96. The molecule has 0 saturated heterocycles. The molecule has 0 saturated carbocycles. The molecule has 0 bridgehead atoms. The lowest BCUT2D eigenvalue weighted by Crippen LogP contribution is -1.78. The van der Waals surface area contributed by atoms with Gasteiger partial charge in [0.2, 0.25) is 0 Å². The Labute approximate surface area is 69.9 Å². The summed E-state index contributed by atoms with van der Waals surface area (Å²) in [6.07, 6.45) is 3.37. The standard InChI is InChI=1S/C8H11BrO/c1-4-8(10)7(9)5-6(2)3/h4-5,10H,2H2,1,3H3/b7-5+,8-4+. The van der Waals surface area contributed by atoms with E-state index in [1.165, 1.54) is 0 Å².